The monoisotopic (exact) mass is 250 g/mol. The molecule has 0 unspecified atom stereocenters. The number of H-pyrrole nitrogens is 1. The van der Waals surface area contributed by atoms with Crippen LogP contribution < -0.4 is 11.2 Å². The molecule has 3 rings (SSSR count). The number of rotatable bonds is 2. The van der Waals surface area contributed by atoms with E-state index in [9.17, 15) is 9.59 Å². The largest absolute Gasteiger partial charge is 0.329 e. The maximum Gasteiger partial charge on any atom is 0.329 e. The lowest BCUT2D eigenvalue weighted by Crippen LogP contribution is -2.31. The first-order valence-electron chi connectivity index (χ1n) is 5.96. The second-order valence-corrected chi connectivity index (χ2v) is 5.55. The van der Waals surface area contributed by atoms with Gasteiger partial charge in [0.05, 0.1) is 5.39 Å². The van der Waals surface area contributed by atoms with Crippen molar-refractivity contribution in [3.63, 3.8) is 0 Å². The van der Waals surface area contributed by atoms with Gasteiger partial charge in [0.15, 0.2) is 0 Å². The maximum atomic E-state index is 11.9. The van der Waals surface area contributed by atoms with Gasteiger partial charge in [-0.1, -0.05) is 12.8 Å². The first-order chi connectivity index (χ1) is 8.25. The molecule has 0 bridgehead atoms. The van der Waals surface area contributed by atoms with Gasteiger partial charge in [0.2, 0.25) is 0 Å². The second kappa shape index (κ2) is 4.14. The number of fused-ring (bicyclic) bond motifs is 1. The summed E-state index contributed by atoms with van der Waals surface area (Å²) in [5.41, 5.74) is -0.536. The third-order valence-electron chi connectivity index (χ3n) is 3.52. The van der Waals surface area contributed by atoms with Crippen LogP contribution in [0.15, 0.2) is 21.0 Å². The van der Waals surface area contributed by atoms with Gasteiger partial charge in [-0.25, -0.2) is 4.79 Å². The first-order valence-corrected chi connectivity index (χ1v) is 6.84. The standard InChI is InChI=1S/C12H14N2O2S/c15-10-9-5-6-17-11(9)14(12(16)13-10)7-8-3-1-2-4-8/h5-6,8H,1-4,7H2,(H,13,15,16). The number of aromatic amines is 1. The van der Waals surface area contributed by atoms with Crippen LogP contribution in [0.4, 0.5) is 0 Å². The van der Waals surface area contributed by atoms with Crippen LogP contribution in [-0.2, 0) is 6.54 Å². The minimum atomic E-state index is -0.270. The van der Waals surface area contributed by atoms with E-state index in [2.05, 4.69) is 4.98 Å². The van der Waals surface area contributed by atoms with Crippen molar-refractivity contribution in [2.45, 2.75) is 32.2 Å². The van der Waals surface area contributed by atoms with Gasteiger partial charge in [-0.05, 0) is 30.2 Å². The number of nitrogens with one attached hydrogen (secondary N) is 1. The fourth-order valence-electron chi connectivity index (χ4n) is 2.62. The summed E-state index contributed by atoms with van der Waals surface area (Å²) in [6.45, 7) is 0.743. The fourth-order valence-corrected chi connectivity index (χ4v) is 3.53. The van der Waals surface area contributed by atoms with Crippen LogP contribution in [0, 0.1) is 5.92 Å². The normalized spacial score (nSPS) is 16.9. The summed E-state index contributed by atoms with van der Waals surface area (Å²) in [5, 5.41) is 2.50. The highest BCUT2D eigenvalue weighted by molar-refractivity contribution is 7.16. The van der Waals surface area contributed by atoms with E-state index in [0.717, 1.165) is 11.4 Å². The molecule has 5 heteroatoms. The highest BCUT2D eigenvalue weighted by atomic mass is 32.1. The summed E-state index contributed by atoms with van der Waals surface area (Å²) in [5.74, 6) is 0.587. The van der Waals surface area contributed by atoms with Crippen LogP contribution in [0.2, 0.25) is 0 Å². The Morgan fingerprint density at radius 1 is 1.35 bits per heavy atom. The fraction of sp³-hybridized carbons (Fsp3) is 0.500. The van der Waals surface area contributed by atoms with Gasteiger partial charge in [-0.15, -0.1) is 11.3 Å². The zero-order valence-corrected chi connectivity index (χ0v) is 10.3. The zero-order valence-electron chi connectivity index (χ0n) is 9.44. The highest BCUT2D eigenvalue weighted by Crippen LogP contribution is 2.27. The van der Waals surface area contributed by atoms with E-state index in [1.54, 1.807) is 10.6 Å². The third kappa shape index (κ3) is 1.84. The quantitative estimate of drug-likeness (QED) is 0.885. The van der Waals surface area contributed by atoms with Crippen LogP contribution in [-0.4, -0.2) is 9.55 Å². The van der Waals surface area contributed by atoms with Gasteiger partial charge >= 0.3 is 5.69 Å². The zero-order chi connectivity index (χ0) is 11.8. The lowest BCUT2D eigenvalue weighted by molar-refractivity contribution is 0.454. The lowest BCUT2D eigenvalue weighted by atomic mass is 10.1. The minimum Gasteiger partial charge on any atom is -0.284 e. The molecule has 1 fully saturated rings. The van der Waals surface area contributed by atoms with Gasteiger partial charge < -0.3 is 0 Å². The van der Waals surface area contributed by atoms with E-state index in [4.69, 9.17) is 0 Å². The van der Waals surface area contributed by atoms with Crippen LogP contribution >= 0.6 is 11.3 Å². The molecule has 0 saturated heterocycles. The van der Waals surface area contributed by atoms with E-state index >= 15 is 0 Å². The Morgan fingerprint density at radius 3 is 2.88 bits per heavy atom. The van der Waals surface area contributed by atoms with Crippen molar-refractivity contribution < 1.29 is 0 Å². The van der Waals surface area contributed by atoms with E-state index in [-0.39, 0.29) is 11.2 Å². The molecule has 90 valence electrons. The van der Waals surface area contributed by atoms with Crippen LogP contribution in [0.25, 0.3) is 10.2 Å². The molecule has 1 aliphatic carbocycles. The van der Waals surface area contributed by atoms with Gasteiger partial charge in [0, 0.05) is 6.54 Å². The van der Waals surface area contributed by atoms with Crippen molar-refractivity contribution in [3.05, 3.63) is 32.3 Å². The predicted octanol–water partition coefficient (Wildman–Crippen LogP) is 1.94. The molecule has 0 spiro atoms. The van der Waals surface area contributed by atoms with E-state index in [1.165, 1.54) is 37.0 Å². The SMILES string of the molecule is O=c1[nH]c(=O)n(CC2CCCC2)c2sccc12. The summed E-state index contributed by atoms with van der Waals surface area (Å²) >= 11 is 1.47. The Morgan fingerprint density at radius 2 is 2.12 bits per heavy atom. The molecular weight excluding hydrogens is 236 g/mol. The third-order valence-corrected chi connectivity index (χ3v) is 4.45. The Bertz CT molecular complexity index is 646. The van der Waals surface area contributed by atoms with E-state index in [0.29, 0.717) is 11.3 Å². The average Bonchev–Trinajstić information content (AvgIpc) is 2.95. The van der Waals surface area contributed by atoms with Crippen molar-refractivity contribution in [2.24, 2.45) is 5.92 Å². The van der Waals surface area contributed by atoms with Crippen molar-refractivity contribution >= 4 is 21.6 Å². The van der Waals surface area contributed by atoms with Gasteiger partial charge in [0.25, 0.3) is 5.56 Å². The molecule has 2 aromatic rings. The van der Waals surface area contributed by atoms with Crippen LogP contribution in [0.5, 0.6) is 0 Å². The molecule has 4 nitrogen and oxygen atoms in total. The summed E-state index contributed by atoms with van der Waals surface area (Å²) in [6, 6.07) is 1.78. The molecule has 2 heterocycles. The first kappa shape index (κ1) is 10.8. The molecular formula is C12H14N2O2S. The summed E-state index contributed by atoms with van der Waals surface area (Å²) < 4.78 is 1.73. The topological polar surface area (TPSA) is 54.9 Å². The summed E-state index contributed by atoms with van der Waals surface area (Å²) in [7, 11) is 0. The molecule has 0 amide bonds. The predicted molar refractivity (Wildman–Crippen MR) is 68.7 cm³/mol. The Kier molecular flexibility index (Phi) is 2.63. The number of aromatic nitrogens is 2. The summed E-state index contributed by atoms with van der Waals surface area (Å²) in [6.07, 6.45) is 4.91. The molecule has 1 aliphatic rings. The van der Waals surface area contributed by atoms with Crippen LogP contribution in [0.1, 0.15) is 25.7 Å². The van der Waals surface area contributed by atoms with Gasteiger partial charge in [-0.2, -0.15) is 0 Å². The number of hydrogen-bond donors (Lipinski definition) is 1. The molecule has 1 N–H and O–H groups in total. The van der Waals surface area contributed by atoms with Crippen molar-refractivity contribution in [3.8, 4) is 0 Å². The Hall–Kier alpha value is -1.36. The highest BCUT2D eigenvalue weighted by Gasteiger charge is 2.18. The molecule has 0 atom stereocenters. The number of thiophene rings is 1. The smallest absolute Gasteiger partial charge is 0.284 e. The van der Waals surface area contributed by atoms with E-state index < -0.39 is 0 Å². The molecule has 17 heavy (non-hydrogen) atoms. The second-order valence-electron chi connectivity index (χ2n) is 4.66. The van der Waals surface area contributed by atoms with E-state index in [1.807, 2.05) is 5.38 Å². The molecule has 0 aromatic carbocycles. The Labute approximate surface area is 102 Å². The van der Waals surface area contributed by atoms with Crippen LogP contribution in [0.3, 0.4) is 0 Å². The Balaban J connectivity index is 2.11. The molecule has 1 saturated carbocycles. The lowest BCUT2D eigenvalue weighted by Gasteiger charge is -2.11. The van der Waals surface area contributed by atoms with Crippen molar-refractivity contribution in [1.82, 2.24) is 9.55 Å². The molecule has 2 aromatic heterocycles. The number of hydrogen-bond acceptors (Lipinski definition) is 3. The molecule has 0 radical (unpaired) electrons. The molecule has 0 aliphatic heterocycles. The number of nitrogens with zero attached hydrogens (tertiary/aromatic N) is 1. The van der Waals surface area contributed by atoms with Crippen molar-refractivity contribution in [2.75, 3.05) is 0 Å². The van der Waals surface area contributed by atoms with Gasteiger partial charge in [-0.3, -0.25) is 14.3 Å². The minimum absolute atomic E-state index is 0.267. The van der Waals surface area contributed by atoms with Gasteiger partial charge in [0.1, 0.15) is 4.83 Å². The van der Waals surface area contributed by atoms with Crippen molar-refractivity contribution in [1.29, 1.82) is 0 Å². The summed E-state index contributed by atoms with van der Waals surface area (Å²) in [4.78, 5) is 26.7. The average molecular weight is 250 g/mol. The maximum absolute atomic E-state index is 11.9.